The lowest BCUT2D eigenvalue weighted by molar-refractivity contribution is 0.584. The van der Waals surface area contributed by atoms with Gasteiger partial charge in [0.25, 0.3) is 10.0 Å². The van der Waals surface area contributed by atoms with Crippen LogP contribution in [0.3, 0.4) is 0 Å². The van der Waals surface area contributed by atoms with Crippen LogP contribution in [-0.2, 0) is 10.0 Å². The van der Waals surface area contributed by atoms with E-state index in [0.29, 0.717) is 5.02 Å². The maximum absolute atomic E-state index is 12.0. The number of benzene rings is 2. The number of halogens is 1. The molecule has 0 spiro atoms. The highest BCUT2D eigenvalue weighted by Gasteiger charge is 2.11. The summed E-state index contributed by atoms with van der Waals surface area (Å²) < 4.78 is 24.0. The first-order valence-electron chi connectivity index (χ1n) is 6.46. The van der Waals surface area contributed by atoms with Gasteiger partial charge in [-0.2, -0.15) is 13.5 Å². The molecule has 22 heavy (non-hydrogen) atoms. The third-order valence-corrected chi connectivity index (χ3v) is 4.41. The second-order valence-electron chi connectivity index (χ2n) is 4.79. The summed E-state index contributed by atoms with van der Waals surface area (Å²) in [5, 5.41) is 4.25. The summed E-state index contributed by atoms with van der Waals surface area (Å²) in [6, 6.07) is 13.4. The quantitative estimate of drug-likeness (QED) is 0.674. The van der Waals surface area contributed by atoms with Gasteiger partial charge < -0.3 is 4.90 Å². The highest BCUT2D eigenvalue weighted by molar-refractivity contribution is 7.89. The number of nitrogens with zero attached hydrogens (tertiary/aromatic N) is 2. The van der Waals surface area contributed by atoms with Crippen LogP contribution in [0.5, 0.6) is 0 Å². The average Bonchev–Trinajstić information content (AvgIpc) is 2.48. The minimum absolute atomic E-state index is 0.108. The van der Waals surface area contributed by atoms with Crippen molar-refractivity contribution >= 4 is 33.5 Å². The van der Waals surface area contributed by atoms with Gasteiger partial charge in [0.15, 0.2) is 0 Å². The lowest BCUT2D eigenvalue weighted by atomic mass is 10.2. The Morgan fingerprint density at radius 1 is 1.05 bits per heavy atom. The SMILES string of the molecule is CN(C)c1ccc(/C=N\NS(=O)(=O)c2ccc(Cl)cc2)cc1. The van der Waals surface area contributed by atoms with Crippen LogP contribution in [0.25, 0.3) is 0 Å². The highest BCUT2D eigenvalue weighted by Crippen LogP contribution is 2.14. The maximum atomic E-state index is 12.0. The fraction of sp³-hybridized carbons (Fsp3) is 0.133. The molecule has 0 amide bonds. The van der Waals surface area contributed by atoms with E-state index >= 15 is 0 Å². The van der Waals surface area contributed by atoms with E-state index in [1.54, 1.807) is 0 Å². The molecule has 0 heterocycles. The summed E-state index contributed by atoms with van der Waals surface area (Å²) >= 11 is 5.73. The molecule has 1 N–H and O–H groups in total. The number of sulfonamides is 1. The van der Waals surface area contributed by atoms with Crippen LogP contribution in [0.4, 0.5) is 5.69 Å². The van der Waals surface area contributed by atoms with Crippen molar-refractivity contribution in [2.45, 2.75) is 4.90 Å². The topological polar surface area (TPSA) is 61.8 Å². The molecule has 5 nitrogen and oxygen atoms in total. The minimum atomic E-state index is -3.68. The lowest BCUT2D eigenvalue weighted by Crippen LogP contribution is -2.18. The zero-order valence-corrected chi connectivity index (χ0v) is 13.8. The summed E-state index contributed by atoms with van der Waals surface area (Å²) in [7, 11) is 0.212. The van der Waals surface area contributed by atoms with Crippen LogP contribution in [0.1, 0.15) is 5.56 Å². The van der Waals surface area contributed by atoms with Gasteiger partial charge in [-0.25, -0.2) is 4.83 Å². The molecule has 0 atom stereocenters. The van der Waals surface area contributed by atoms with Crippen molar-refractivity contribution in [2.24, 2.45) is 5.10 Å². The summed E-state index contributed by atoms with van der Waals surface area (Å²) in [5.41, 5.74) is 1.85. The van der Waals surface area contributed by atoms with Gasteiger partial charge >= 0.3 is 0 Å². The summed E-state index contributed by atoms with van der Waals surface area (Å²) in [6.45, 7) is 0. The second kappa shape index (κ2) is 6.81. The van der Waals surface area contributed by atoms with E-state index in [4.69, 9.17) is 11.6 Å². The van der Waals surface area contributed by atoms with Crippen molar-refractivity contribution in [1.82, 2.24) is 4.83 Å². The second-order valence-corrected chi connectivity index (χ2v) is 6.89. The van der Waals surface area contributed by atoms with Crippen LogP contribution in [0.15, 0.2) is 58.5 Å². The van der Waals surface area contributed by atoms with E-state index < -0.39 is 10.0 Å². The standard InChI is InChI=1S/C15H16ClN3O2S/c1-19(2)14-7-3-12(4-8-14)11-17-18-22(20,21)15-9-5-13(16)6-10-15/h3-11,18H,1-2H3/b17-11-. The molecule has 0 bridgehead atoms. The van der Waals surface area contributed by atoms with Crippen molar-refractivity contribution in [3.8, 4) is 0 Å². The van der Waals surface area contributed by atoms with Crippen molar-refractivity contribution in [1.29, 1.82) is 0 Å². The number of nitrogens with one attached hydrogen (secondary N) is 1. The Morgan fingerprint density at radius 2 is 1.64 bits per heavy atom. The molecule has 2 aromatic carbocycles. The van der Waals surface area contributed by atoms with Gasteiger partial charge in [-0.1, -0.05) is 23.7 Å². The predicted molar refractivity (Wildman–Crippen MR) is 90.1 cm³/mol. The van der Waals surface area contributed by atoms with Crippen LogP contribution < -0.4 is 9.73 Å². The number of hydrogen-bond acceptors (Lipinski definition) is 4. The van der Waals surface area contributed by atoms with E-state index in [1.807, 2.05) is 43.3 Å². The molecule has 0 aliphatic rings. The van der Waals surface area contributed by atoms with Crippen LogP contribution >= 0.6 is 11.6 Å². The molecule has 0 aliphatic heterocycles. The average molecular weight is 338 g/mol. The Bertz CT molecular complexity index is 754. The van der Waals surface area contributed by atoms with Gasteiger partial charge in [-0.05, 0) is 42.0 Å². The highest BCUT2D eigenvalue weighted by atomic mass is 35.5. The Kier molecular flexibility index (Phi) is 5.05. The summed E-state index contributed by atoms with van der Waals surface area (Å²) in [5.74, 6) is 0. The maximum Gasteiger partial charge on any atom is 0.276 e. The first-order chi connectivity index (χ1) is 10.4. The summed E-state index contributed by atoms with van der Waals surface area (Å²) in [4.78, 5) is 4.25. The number of hydrazone groups is 1. The molecular weight excluding hydrogens is 322 g/mol. The van der Waals surface area contributed by atoms with Gasteiger partial charge in [-0.15, -0.1) is 0 Å². The smallest absolute Gasteiger partial charge is 0.276 e. The van der Waals surface area contributed by atoms with Crippen LogP contribution in [-0.4, -0.2) is 28.7 Å². The fourth-order valence-electron chi connectivity index (χ4n) is 1.70. The van der Waals surface area contributed by atoms with Crippen LogP contribution in [0.2, 0.25) is 5.02 Å². The Morgan fingerprint density at radius 3 is 2.18 bits per heavy atom. The molecular formula is C15H16ClN3O2S. The van der Waals surface area contributed by atoms with E-state index in [1.165, 1.54) is 30.5 Å². The third-order valence-electron chi connectivity index (χ3n) is 2.92. The predicted octanol–water partition coefficient (Wildman–Crippen LogP) is 2.72. The molecule has 0 aromatic heterocycles. The van der Waals surface area contributed by atoms with Crippen molar-refractivity contribution in [3.05, 3.63) is 59.1 Å². The first-order valence-corrected chi connectivity index (χ1v) is 8.32. The number of rotatable bonds is 5. The Hall–Kier alpha value is -2.05. The molecule has 116 valence electrons. The minimum Gasteiger partial charge on any atom is -0.378 e. The molecule has 0 saturated carbocycles. The van der Waals surface area contributed by atoms with Gasteiger partial charge in [0, 0.05) is 24.8 Å². The molecule has 2 rings (SSSR count). The number of anilines is 1. The zero-order valence-electron chi connectivity index (χ0n) is 12.2. The molecule has 2 aromatic rings. The van der Waals surface area contributed by atoms with Crippen molar-refractivity contribution in [3.63, 3.8) is 0 Å². The van der Waals surface area contributed by atoms with Crippen molar-refractivity contribution < 1.29 is 8.42 Å². The largest absolute Gasteiger partial charge is 0.378 e. The monoisotopic (exact) mass is 337 g/mol. The third kappa shape index (κ3) is 4.22. The number of hydrogen-bond donors (Lipinski definition) is 1. The molecule has 0 unspecified atom stereocenters. The Balaban J connectivity index is 2.06. The Labute approximate surface area is 135 Å². The van der Waals surface area contributed by atoms with Gasteiger partial charge in [0.05, 0.1) is 11.1 Å². The van der Waals surface area contributed by atoms with E-state index in [9.17, 15) is 8.42 Å². The van der Waals surface area contributed by atoms with Crippen LogP contribution in [0, 0.1) is 0 Å². The normalized spacial score (nSPS) is 11.6. The fourth-order valence-corrected chi connectivity index (χ4v) is 2.61. The van der Waals surface area contributed by atoms with Gasteiger partial charge in [0.1, 0.15) is 0 Å². The molecule has 0 saturated heterocycles. The van der Waals surface area contributed by atoms with Gasteiger partial charge in [0.2, 0.25) is 0 Å². The van der Waals surface area contributed by atoms with Crippen molar-refractivity contribution in [2.75, 3.05) is 19.0 Å². The van der Waals surface area contributed by atoms with E-state index in [2.05, 4.69) is 9.93 Å². The molecule has 0 aliphatic carbocycles. The first kappa shape index (κ1) is 16.3. The zero-order chi connectivity index (χ0) is 16.2. The van der Waals surface area contributed by atoms with E-state index in [0.717, 1.165) is 11.3 Å². The lowest BCUT2D eigenvalue weighted by Gasteiger charge is -2.11. The van der Waals surface area contributed by atoms with Gasteiger partial charge in [-0.3, -0.25) is 0 Å². The molecule has 7 heteroatoms. The molecule has 0 fully saturated rings. The molecule has 0 radical (unpaired) electrons. The summed E-state index contributed by atoms with van der Waals surface area (Å²) in [6.07, 6.45) is 1.45. The van der Waals surface area contributed by atoms with E-state index in [-0.39, 0.29) is 4.90 Å².